The standard InChI is InChI=1S/C24H22N2O3S/c1-28-17-12-13-20(21(14-17)29-2)25-22(27)15-30-24-18-10-6-7-11-19(18)26-23(24)16-8-4-3-5-9-16/h3-14,26H,15H2,1-2H3,(H,25,27). The summed E-state index contributed by atoms with van der Waals surface area (Å²) in [5.41, 5.74) is 3.78. The second-order valence-electron chi connectivity index (χ2n) is 6.64. The Hall–Kier alpha value is -3.38. The molecule has 0 radical (unpaired) electrons. The quantitative estimate of drug-likeness (QED) is 0.385. The fourth-order valence-corrected chi connectivity index (χ4v) is 4.29. The lowest BCUT2D eigenvalue weighted by Gasteiger charge is -2.12. The number of hydrogen-bond acceptors (Lipinski definition) is 4. The molecule has 2 N–H and O–H groups in total. The zero-order valence-electron chi connectivity index (χ0n) is 16.8. The van der Waals surface area contributed by atoms with Crippen molar-refractivity contribution in [2.45, 2.75) is 4.90 Å². The first kappa shape index (κ1) is 19.9. The average molecular weight is 419 g/mol. The molecule has 0 aliphatic heterocycles. The van der Waals surface area contributed by atoms with Crippen LogP contribution in [-0.4, -0.2) is 30.9 Å². The van der Waals surface area contributed by atoms with Crippen molar-refractivity contribution in [3.05, 3.63) is 72.8 Å². The van der Waals surface area contributed by atoms with Gasteiger partial charge in [0, 0.05) is 21.9 Å². The van der Waals surface area contributed by atoms with E-state index in [4.69, 9.17) is 9.47 Å². The molecule has 0 bridgehead atoms. The van der Waals surface area contributed by atoms with Crippen LogP contribution in [0.5, 0.6) is 11.5 Å². The second-order valence-corrected chi connectivity index (χ2v) is 7.63. The highest BCUT2D eigenvalue weighted by atomic mass is 32.2. The number of benzene rings is 3. The van der Waals surface area contributed by atoms with Gasteiger partial charge in [-0.15, -0.1) is 11.8 Å². The van der Waals surface area contributed by atoms with Crippen molar-refractivity contribution in [1.82, 2.24) is 4.98 Å². The molecule has 0 saturated heterocycles. The van der Waals surface area contributed by atoms with Gasteiger partial charge in [0.2, 0.25) is 5.91 Å². The Morgan fingerprint density at radius 2 is 1.73 bits per heavy atom. The summed E-state index contributed by atoms with van der Waals surface area (Å²) in [6, 6.07) is 23.6. The van der Waals surface area contributed by atoms with Gasteiger partial charge in [0.05, 0.1) is 31.4 Å². The number of carbonyl (C=O) groups is 1. The van der Waals surface area contributed by atoms with Crippen LogP contribution >= 0.6 is 11.8 Å². The first-order valence-corrected chi connectivity index (χ1v) is 10.5. The van der Waals surface area contributed by atoms with E-state index in [1.54, 1.807) is 32.4 Å². The fraction of sp³-hybridized carbons (Fsp3) is 0.125. The summed E-state index contributed by atoms with van der Waals surface area (Å²) in [5, 5.41) is 4.04. The average Bonchev–Trinajstić information content (AvgIpc) is 3.17. The van der Waals surface area contributed by atoms with E-state index in [-0.39, 0.29) is 11.7 Å². The number of H-pyrrole nitrogens is 1. The fourth-order valence-electron chi connectivity index (χ4n) is 3.30. The van der Waals surface area contributed by atoms with Crippen LogP contribution in [0.3, 0.4) is 0 Å². The number of amides is 1. The second kappa shape index (κ2) is 8.97. The number of hydrogen-bond donors (Lipinski definition) is 2. The van der Waals surface area contributed by atoms with E-state index in [1.165, 1.54) is 11.8 Å². The number of anilines is 1. The predicted octanol–water partition coefficient (Wildman–Crippen LogP) is 5.58. The number of aromatic nitrogens is 1. The molecule has 0 aliphatic carbocycles. The third kappa shape index (κ3) is 4.14. The number of carbonyl (C=O) groups excluding carboxylic acids is 1. The van der Waals surface area contributed by atoms with Gasteiger partial charge in [-0.25, -0.2) is 0 Å². The Labute approximate surface area is 179 Å². The molecule has 0 saturated carbocycles. The molecular weight excluding hydrogens is 396 g/mol. The molecule has 3 aromatic carbocycles. The first-order chi connectivity index (χ1) is 14.7. The summed E-state index contributed by atoms with van der Waals surface area (Å²) in [7, 11) is 3.16. The summed E-state index contributed by atoms with van der Waals surface area (Å²) < 4.78 is 10.6. The van der Waals surface area contributed by atoms with Gasteiger partial charge in [-0.3, -0.25) is 4.79 Å². The Morgan fingerprint density at radius 3 is 2.50 bits per heavy atom. The lowest BCUT2D eigenvalue weighted by Crippen LogP contribution is -2.14. The van der Waals surface area contributed by atoms with Crippen LogP contribution < -0.4 is 14.8 Å². The van der Waals surface area contributed by atoms with Crippen LogP contribution in [0.4, 0.5) is 5.69 Å². The molecular formula is C24H22N2O3S. The molecule has 30 heavy (non-hydrogen) atoms. The van der Waals surface area contributed by atoms with Crippen molar-refractivity contribution in [1.29, 1.82) is 0 Å². The van der Waals surface area contributed by atoms with Gasteiger partial charge in [0.1, 0.15) is 11.5 Å². The Morgan fingerprint density at radius 1 is 0.967 bits per heavy atom. The molecule has 4 aromatic rings. The Balaban J connectivity index is 1.56. The van der Waals surface area contributed by atoms with Crippen molar-refractivity contribution in [3.8, 4) is 22.8 Å². The Bertz CT molecular complexity index is 1170. The van der Waals surface area contributed by atoms with Gasteiger partial charge >= 0.3 is 0 Å². The van der Waals surface area contributed by atoms with Crippen LogP contribution in [-0.2, 0) is 4.79 Å². The van der Waals surface area contributed by atoms with E-state index >= 15 is 0 Å². The van der Waals surface area contributed by atoms with E-state index in [1.807, 2.05) is 36.4 Å². The zero-order valence-corrected chi connectivity index (χ0v) is 17.6. The van der Waals surface area contributed by atoms with E-state index in [0.29, 0.717) is 17.2 Å². The molecule has 1 amide bonds. The van der Waals surface area contributed by atoms with Crippen molar-refractivity contribution in [2.24, 2.45) is 0 Å². The lowest BCUT2D eigenvalue weighted by atomic mass is 10.1. The molecule has 4 rings (SSSR count). The number of ether oxygens (including phenoxy) is 2. The SMILES string of the molecule is COc1ccc(NC(=O)CSc2c(-c3ccccc3)[nH]c3ccccc23)c(OC)c1. The molecule has 6 heteroatoms. The van der Waals surface area contributed by atoms with Crippen LogP contribution in [0, 0.1) is 0 Å². The minimum absolute atomic E-state index is 0.104. The normalized spacial score (nSPS) is 10.7. The largest absolute Gasteiger partial charge is 0.497 e. The number of methoxy groups -OCH3 is 2. The summed E-state index contributed by atoms with van der Waals surface area (Å²) >= 11 is 1.52. The van der Waals surface area contributed by atoms with Crippen molar-refractivity contribution in [3.63, 3.8) is 0 Å². The highest BCUT2D eigenvalue weighted by molar-refractivity contribution is 8.00. The van der Waals surface area contributed by atoms with Gasteiger partial charge < -0.3 is 19.8 Å². The number of rotatable bonds is 7. The van der Waals surface area contributed by atoms with Crippen molar-refractivity contribution in [2.75, 3.05) is 25.3 Å². The van der Waals surface area contributed by atoms with Crippen molar-refractivity contribution < 1.29 is 14.3 Å². The van der Waals surface area contributed by atoms with Gasteiger partial charge in [0.25, 0.3) is 0 Å². The van der Waals surface area contributed by atoms with Gasteiger partial charge in [-0.2, -0.15) is 0 Å². The van der Waals surface area contributed by atoms with Gasteiger partial charge in [-0.05, 0) is 23.8 Å². The zero-order chi connectivity index (χ0) is 20.9. The molecule has 1 heterocycles. The smallest absolute Gasteiger partial charge is 0.234 e. The van der Waals surface area contributed by atoms with Crippen molar-refractivity contribution >= 4 is 34.3 Å². The summed E-state index contributed by atoms with van der Waals surface area (Å²) in [4.78, 5) is 17.2. The maximum absolute atomic E-state index is 12.7. The maximum Gasteiger partial charge on any atom is 0.234 e. The summed E-state index contributed by atoms with van der Waals surface area (Å²) in [6.45, 7) is 0. The molecule has 0 aliphatic rings. The van der Waals surface area contributed by atoms with Crippen LogP contribution in [0.25, 0.3) is 22.2 Å². The molecule has 0 atom stereocenters. The molecule has 0 spiro atoms. The number of aromatic amines is 1. The van der Waals surface area contributed by atoms with Crippen LogP contribution in [0.1, 0.15) is 0 Å². The van der Waals surface area contributed by atoms with E-state index in [9.17, 15) is 4.79 Å². The number of nitrogens with one attached hydrogen (secondary N) is 2. The maximum atomic E-state index is 12.7. The third-order valence-corrected chi connectivity index (χ3v) is 5.87. The minimum atomic E-state index is -0.104. The van der Waals surface area contributed by atoms with Gasteiger partial charge in [0.15, 0.2) is 0 Å². The monoisotopic (exact) mass is 418 g/mol. The molecule has 0 unspecified atom stereocenters. The predicted molar refractivity (Wildman–Crippen MR) is 123 cm³/mol. The highest BCUT2D eigenvalue weighted by Gasteiger charge is 2.16. The number of para-hydroxylation sites is 1. The number of fused-ring (bicyclic) bond motifs is 1. The topological polar surface area (TPSA) is 63.3 Å². The molecule has 0 fully saturated rings. The Kier molecular flexibility index (Phi) is 5.95. The molecule has 1 aromatic heterocycles. The highest BCUT2D eigenvalue weighted by Crippen LogP contribution is 2.38. The molecule has 152 valence electrons. The summed E-state index contributed by atoms with van der Waals surface area (Å²) in [5.74, 6) is 1.40. The number of thioether (sulfide) groups is 1. The van der Waals surface area contributed by atoms with Crippen LogP contribution in [0.2, 0.25) is 0 Å². The van der Waals surface area contributed by atoms with Crippen LogP contribution in [0.15, 0.2) is 77.7 Å². The summed E-state index contributed by atoms with van der Waals surface area (Å²) in [6.07, 6.45) is 0. The first-order valence-electron chi connectivity index (χ1n) is 9.50. The van der Waals surface area contributed by atoms with Gasteiger partial charge in [-0.1, -0.05) is 48.5 Å². The van der Waals surface area contributed by atoms with E-state index < -0.39 is 0 Å². The minimum Gasteiger partial charge on any atom is -0.497 e. The van der Waals surface area contributed by atoms with E-state index in [0.717, 1.165) is 27.1 Å². The third-order valence-electron chi connectivity index (χ3n) is 4.75. The lowest BCUT2D eigenvalue weighted by molar-refractivity contribution is -0.113. The van der Waals surface area contributed by atoms with E-state index in [2.05, 4.69) is 28.5 Å². The molecule has 5 nitrogen and oxygen atoms in total.